The summed E-state index contributed by atoms with van der Waals surface area (Å²) in [6.07, 6.45) is 5.97. The number of allylic oxidation sites excluding steroid dienone is 3. The molecule has 0 aliphatic rings. The van der Waals surface area contributed by atoms with E-state index in [-0.39, 0.29) is 0 Å². The molecule has 0 aliphatic heterocycles. The van der Waals surface area contributed by atoms with Crippen molar-refractivity contribution >= 4 is 19.7 Å². The standard InChI is InChI=1S/C8H15ClSi/c1-5-6-7-8(9)10(2,3)4/h5-7H,1-4H3. The first kappa shape index (κ1) is 9.99. The molecule has 0 N–H and O–H groups in total. The predicted octanol–water partition coefficient (Wildman–Crippen LogP) is 3.56. The molecule has 0 aliphatic carbocycles. The minimum Gasteiger partial charge on any atom is -0.0943 e. The molecule has 0 saturated carbocycles. The van der Waals surface area contributed by atoms with Gasteiger partial charge in [0.15, 0.2) is 0 Å². The van der Waals surface area contributed by atoms with E-state index in [1.807, 2.05) is 25.2 Å². The van der Waals surface area contributed by atoms with Crippen LogP contribution in [0.2, 0.25) is 19.6 Å². The fourth-order valence-corrected chi connectivity index (χ4v) is 1.10. The third kappa shape index (κ3) is 3.91. The van der Waals surface area contributed by atoms with Crippen molar-refractivity contribution in [3.05, 3.63) is 22.9 Å². The van der Waals surface area contributed by atoms with Gasteiger partial charge in [0.1, 0.15) is 0 Å². The summed E-state index contributed by atoms with van der Waals surface area (Å²) in [6, 6.07) is 0. The molecular formula is C8H15ClSi. The number of hydrogen-bond acceptors (Lipinski definition) is 0. The zero-order valence-corrected chi connectivity index (χ0v) is 8.87. The molecule has 0 radical (unpaired) electrons. The van der Waals surface area contributed by atoms with Crippen LogP contribution in [0.5, 0.6) is 0 Å². The topological polar surface area (TPSA) is 0 Å². The molecule has 0 atom stereocenters. The Morgan fingerprint density at radius 1 is 1.30 bits per heavy atom. The van der Waals surface area contributed by atoms with Crippen LogP contribution in [0.25, 0.3) is 0 Å². The van der Waals surface area contributed by atoms with E-state index in [9.17, 15) is 0 Å². The van der Waals surface area contributed by atoms with Crippen molar-refractivity contribution in [2.24, 2.45) is 0 Å². The van der Waals surface area contributed by atoms with Crippen molar-refractivity contribution in [1.29, 1.82) is 0 Å². The van der Waals surface area contributed by atoms with Gasteiger partial charge in [-0.25, -0.2) is 0 Å². The van der Waals surface area contributed by atoms with Crippen molar-refractivity contribution in [3.63, 3.8) is 0 Å². The van der Waals surface area contributed by atoms with E-state index in [1.54, 1.807) is 0 Å². The van der Waals surface area contributed by atoms with E-state index < -0.39 is 8.07 Å². The summed E-state index contributed by atoms with van der Waals surface area (Å²) >= 11 is 6.01. The van der Waals surface area contributed by atoms with E-state index in [2.05, 4.69) is 19.6 Å². The van der Waals surface area contributed by atoms with Crippen LogP contribution in [0.15, 0.2) is 22.9 Å². The largest absolute Gasteiger partial charge is 0.0943 e. The van der Waals surface area contributed by atoms with Crippen molar-refractivity contribution in [3.8, 4) is 0 Å². The molecule has 0 heterocycles. The van der Waals surface area contributed by atoms with E-state index >= 15 is 0 Å². The quantitative estimate of drug-likeness (QED) is 0.444. The average molecular weight is 175 g/mol. The molecule has 0 nitrogen and oxygen atoms in total. The average Bonchev–Trinajstić information content (AvgIpc) is 1.80. The summed E-state index contributed by atoms with van der Waals surface area (Å²) in [7, 11) is -1.22. The summed E-state index contributed by atoms with van der Waals surface area (Å²) in [5, 5.41) is 0. The molecule has 58 valence electrons. The highest BCUT2D eigenvalue weighted by Crippen LogP contribution is 2.17. The second kappa shape index (κ2) is 3.99. The molecule has 0 aromatic heterocycles. The summed E-state index contributed by atoms with van der Waals surface area (Å²) in [4.78, 5) is 0. The highest BCUT2D eigenvalue weighted by molar-refractivity contribution is 6.91. The van der Waals surface area contributed by atoms with Gasteiger partial charge in [0.2, 0.25) is 0 Å². The lowest BCUT2D eigenvalue weighted by Crippen LogP contribution is -2.20. The number of halogens is 1. The first-order chi connectivity index (χ1) is 4.48. The molecule has 0 amide bonds. The fourth-order valence-electron chi connectivity index (χ4n) is 0.431. The van der Waals surface area contributed by atoms with Crippen molar-refractivity contribution in [2.75, 3.05) is 0 Å². The highest BCUT2D eigenvalue weighted by Gasteiger charge is 2.16. The molecule has 0 unspecified atom stereocenters. The van der Waals surface area contributed by atoms with Crippen molar-refractivity contribution < 1.29 is 0 Å². The highest BCUT2D eigenvalue weighted by atomic mass is 35.5. The summed E-state index contributed by atoms with van der Waals surface area (Å²) in [5.41, 5.74) is 0. The van der Waals surface area contributed by atoms with E-state index in [0.29, 0.717) is 0 Å². The van der Waals surface area contributed by atoms with Crippen LogP contribution in [-0.2, 0) is 0 Å². The zero-order chi connectivity index (χ0) is 8.20. The third-order valence-corrected chi connectivity index (χ3v) is 4.58. The van der Waals surface area contributed by atoms with Gasteiger partial charge in [0.05, 0.1) is 8.07 Å². The Bertz CT molecular complexity index is 151. The van der Waals surface area contributed by atoms with Gasteiger partial charge in [-0.3, -0.25) is 0 Å². The first-order valence-corrected chi connectivity index (χ1v) is 7.35. The van der Waals surface area contributed by atoms with Crippen LogP contribution in [0.4, 0.5) is 0 Å². The Morgan fingerprint density at radius 2 is 1.80 bits per heavy atom. The molecule has 2 heteroatoms. The molecule has 0 aromatic rings. The maximum Gasteiger partial charge on any atom is 0.0922 e. The van der Waals surface area contributed by atoms with Gasteiger partial charge in [-0.15, -0.1) is 0 Å². The molecule has 0 saturated heterocycles. The van der Waals surface area contributed by atoms with Gasteiger partial charge in [-0.05, 0) is 6.92 Å². The maximum atomic E-state index is 6.01. The molecule has 10 heavy (non-hydrogen) atoms. The monoisotopic (exact) mass is 174 g/mol. The maximum absolute atomic E-state index is 6.01. The van der Waals surface area contributed by atoms with Crippen LogP contribution in [0.1, 0.15) is 6.92 Å². The fraction of sp³-hybridized carbons (Fsp3) is 0.500. The van der Waals surface area contributed by atoms with Crippen LogP contribution >= 0.6 is 11.6 Å². The molecule has 0 rings (SSSR count). The Labute approximate surface area is 69.6 Å². The van der Waals surface area contributed by atoms with E-state index in [1.165, 1.54) is 0 Å². The van der Waals surface area contributed by atoms with E-state index in [4.69, 9.17) is 11.6 Å². The lowest BCUT2D eigenvalue weighted by atomic mass is 10.5. The van der Waals surface area contributed by atoms with Crippen LogP contribution in [0.3, 0.4) is 0 Å². The lowest BCUT2D eigenvalue weighted by molar-refractivity contribution is 1.69. The van der Waals surface area contributed by atoms with Gasteiger partial charge < -0.3 is 0 Å². The Kier molecular flexibility index (Phi) is 3.98. The Hall–Kier alpha value is -0.0131. The predicted molar refractivity (Wildman–Crippen MR) is 52.1 cm³/mol. The van der Waals surface area contributed by atoms with Gasteiger partial charge in [-0.2, -0.15) is 0 Å². The number of rotatable bonds is 2. The lowest BCUT2D eigenvalue weighted by Gasteiger charge is -2.13. The van der Waals surface area contributed by atoms with Crippen molar-refractivity contribution in [1.82, 2.24) is 0 Å². The molecule has 0 spiro atoms. The third-order valence-electron chi connectivity index (χ3n) is 1.15. The van der Waals surface area contributed by atoms with Crippen LogP contribution in [0, 0.1) is 0 Å². The zero-order valence-electron chi connectivity index (χ0n) is 7.11. The summed E-state index contributed by atoms with van der Waals surface area (Å²) < 4.78 is 1.03. The molecule has 0 fully saturated rings. The second-order valence-corrected chi connectivity index (χ2v) is 9.05. The summed E-state index contributed by atoms with van der Waals surface area (Å²) in [6.45, 7) is 8.69. The number of hydrogen-bond donors (Lipinski definition) is 0. The first-order valence-electron chi connectivity index (χ1n) is 3.47. The van der Waals surface area contributed by atoms with Gasteiger partial charge in [0.25, 0.3) is 0 Å². The van der Waals surface area contributed by atoms with Gasteiger partial charge >= 0.3 is 0 Å². The molecule has 0 bridgehead atoms. The van der Waals surface area contributed by atoms with Gasteiger partial charge in [-0.1, -0.05) is 49.5 Å². The van der Waals surface area contributed by atoms with Crippen LogP contribution < -0.4 is 0 Å². The van der Waals surface area contributed by atoms with E-state index in [0.717, 1.165) is 4.66 Å². The Balaban J connectivity index is 4.20. The minimum atomic E-state index is -1.22. The smallest absolute Gasteiger partial charge is 0.0922 e. The molecule has 0 aromatic carbocycles. The van der Waals surface area contributed by atoms with Crippen molar-refractivity contribution in [2.45, 2.75) is 26.6 Å². The molecular weight excluding hydrogens is 160 g/mol. The SMILES string of the molecule is CC=CC=C(Cl)[Si](C)(C)C. The van der Waals surface area contributed by atoms with Crippen LogP contribution in [-0.4, -0.2) is 8.07 Å². The summed E-state index contributed by atoms with van der Waals surface area (Å²) in [5.74, 6) is 0. The Morgan fingerprint density at radius 3 is 2.10 bits per heavy atom. The van der Waals surface area contributed by atoms with Gasteiger partial charge in [0, 0.05) is 4.66 Å². The normalized spacial score (nSPS) is 14.7. The second-order valence-electron chi connectivity index (χ2n) is 3.29. The minimum absolute atomic E-state index is 1.03.